The van der Waals surface area contributed by atoms with E-state index in [1.54, 1.807) is 4.52 Å². The maximum absolute atomic E-state index is 13.5. The summed E-state index contributed by atoms with van der Waals surface area (Å²) in [7, 11) is 0. The van der Waals surface area contributed by atoms with Crippen molar-refractivity contribution in [2.45, 2.75) is 19.0 Å². The maximum Gasteiger partial charge on any atom is 0.253 e. The predicted octanol–water partition coefficient (Wildman–Crippen LogP) is 2.75. The zero-order chi connectivity index (χ0) is 17.3. The molecule has 9 heteroatoms. The molecule has 0 saturated carbocycles. The Labute approximate surface area is 140 Å². The number of fused-ring (bicyclic) bond motifs is 1. The van der Waals surface area contributed by atoms with E-state index in [4.69, 9.17) is 0 Å². The molecule has 124 valence electrons. The average molecular weight is 349 g/mol. The Morgan fingerprint density at radius 1 is 1.25 bits per heavy atom. The molecule has 0 radical (unpaired) electrons. The number of carbonyl (C=O) groups excluding carboxylic acids is 1. The molecule has 3 aromatic rings. The normalized spacial score (nSPS) is 11.0. The van der Waals surface area contributed by atoms with Gasteiger partial charge in [0.1, 0.15) is 17.3 Å². The maximum atomic E-state index is 13.5. The van der Waals surface area contributed by atoms with E-state index in [2.05, 4.69) is 20.4 Å². The summed E-state index contributed by atoms with van der Waals surface area (Å²) in [5, 5.41) is 6.82. The third-order valence-corrected chi connectivity index (χ3v) is 4.00. The van der Waals surface area contributed by atoms with Crippen molar-refractivity contribution in [1.29, 1.82) is 0 Å². The van der Waals surface area contributed by atoms with Gasteiger partial charge in [0.15, 0.2) is 0 Å². The highest BCUT2D eigenvalue weighted by molar-refractivity contribution is 7.99. The van der Waals surface area contributed by atoms with E-state index < -0.39 is 23.2 Å². The number of nitrogens with zero attached hydrogens (tertiary/aromatic N) is 4. The van der Waals surface area contributed by atoms with E-state index in [0.29, 0.717) is 10.9 Å². The fraction of sp³-hybridized carbons (Fsp3) is 0.200. The molecule has 0 aliphatic heterocycles. The molecule has 0 bridgehead atoms. The number of thioether (sulfide) groups is 1. The monoisotopic (exact) mass is 349 g/mol. The van der Waals surface area contributed by atoms with Gasteiger partial charge in [-0.15, -0.1) is 5.10 Å². The molecule has 1 N–H and O–H groups in total. The van der Waals surface area contributed by atoms with Crippen LogP contribution in [0.1, 0.15) is 11.4 Å². The van der Waals surface area contributed by atoms with Crippen molar-refractivity contribution in [3.63, 3.8) is 0 Å². The van der Waals surface area contributed by atoms with E-state index in [9.17, 15) is 13.6 Å². The molecular formula is C15H13F2N5OS. The number of para-hydroxylation sites is 1. The Bertz CT molecular complexity index is 907. The minimum atomic E-state index is -0.825. The summed E-state index contributed by atoms with van der Waals surface area (Å²) < 4.78 is 28.6. The van der Waals surface area contributed by atoms with Gasteiger partial charge in [0.05, 0.1) is 5.75 Å². The van der Waals surface area contributed by atoms with Crippen molar-refractivity contribution in [2.75, 3.05) is 11.1 Å². The SMILES string of the molecule is Cc1cc(C)n2nc(SCC(=O)Nc3c(F)cccc3F)nc2n1. The summed E-state index contributed by atoms with van der Waals surface area (Å²) in [5.74, 6) is -1.84. The minimum Gasteiger partial charge on any atom is -0.320 e. The summed E-state index contributed by atoms with van der Waals surface area (Å²) in [4.78, 5) is 20.4. The summed E-state index contributed by atoms with van der Waals surface area (Å²) in [5.41, 5.74) is 1.23. The molecule has 0 spiro atoms. The van der Waals surface area contributed by atoms with E-state index in [0.717, 1.165) is 35.3 Å². The number of hydrogen-bond donors (Lipinski definition) is 1. The van der Waals surface area contributed by atoms with Crippen molar-refractivity contribution in [2.24, 2.45) is 0 Å². The van der Waals surface area contributed by atoms with Crippen molar-refractivity contribution in [1.82, 2.24) is 19.6 Å². The van der Waals surface area contributed by atoms with Crippen LogP contribution in [0, 0.1) is 25.5 Å². The van der Waals surface area contributed by atoms with Gasteiger partial charge in [-0.05, 0) is 32.0 Å². The first-order chi connectivity index (χ1) is 11.4. The third kappa shape index (κ3) is 3.35. The molecule has 1 aromatic carbocycles. The molecule has 24 heavy (non-hydrogen) atoms. The summed E-state index contributed by atoms with van der Waals surface area (Å²) in [6.07, 6.45) is 0. The standard InChI is InChI=1S/C15H13F2N5OS/c1-8-6-9(2)22-14(18-8)20-15(21-22)24-7-12(23)19-13-10(16)4-3-5-11(13)17/h3-6H,7H2,1-2H3,(H,19,23). The molecule has 0 aliphatic rings. The van der Waals surface area contributed by atoms with Gasteiger partial charge in [0.25, 0.3) is 5.78 Å². The van der Waals surface area contributed by atoms with Crippen LogP contribution in [0.2, 0.25) is 0 Å². The Kier molecular flexibility index (Phi) is 4.43. The fourth-order valence-electron chi connectivity index (χ4n) is 2.13. The van der Waals surface area contributed by atoms with Crippen LogP contribution in [-0.4, -0.2) is 31.2 Å². The van der Waals surface area contributed by atoms with E-state index in [1.807, 2.05) is 19.9 Å². The highest BCUT2D eigenvalue weighted by atomic mass is 32.2. The van der Waals surface area contributed by atoms with E-state index in [1.165, 1.54) is 6.07 Å². The zero-order valence-electron chi connectivity index (χ0n) is 12.9. The topological polar surface area (TPSA) is 72.2 Å². The van der Waals surface area contributed by atoms with Crippen LogP contribution in [0.25, 0.3) is 5.78 Å². The second kappa shape index (κ2) is 6.52. The van der Waals surface area contributed by atoms with Gasteiger partial charge in [-0.1, -0.05) is 17.8 Å². The first-order valence-electron chi connectivity index (χ1n) is 7.02. The van der Waals surface area contributed by atoms with E-state index >= 15 is 0 Å². The molecule has 0 aliphatic carbocycles. The lowest BCUT2D eigenvalue weighted by Gasteiger charge is -2.06. The number of halogens is 2. The number of amides is 1. The molecule has 3 rings (SSSR count). The highest BCUT2D eigenvalue weighted by Crippen LogP contribution is 2.20. The molecule has 1 amide bonds. The van der Waals surface area contributed by atoms with Crippen LogP contribution in [0.15, 0.2) is 29.4 Å². The summed E-state index contributed by atoms with van der Waals surface area (Å²) in [6.45, 7) is 3.73. The van der Waals surface area contributed by atoms with Gasteiger partial charge >= 0.3 is 0 Å². The second-order valence-electron chi connectivity index (χ2n) is 5.08. The predicted molar refractivity (Wildman–Crippen MR) is 86.0 cm³/mol. The van der Waals surface area contributed by atoms with Crippen LogP contribution < -0.4 is 5.32 Å². The molecule has 0 unspecified atom stereocenters. The number of aryl methyl sites for hydroxylation is 2. The Morgan fingerprint density at radius 2 is 1.96 bits per heavy atom. The van der Waals surface area contributed by atoms with Gasteiger partial charge in [0.2, 0.25) is 11.1 Å². The quantitative estimate of drug-likeness (QED) is 0.733. The lowest BCUT2D eigenvalue weighted by atomic mass is 10.3. The van der Waals surface area contributed by atoms with Crippen molar-refractivity contribution < 1.29 is 13.6 Å². The van der Waals surface area contributed by atoms with Crippen LogP contribution in [0.5, 0.6) is 0 Å². The summed E-state index contributed by atoms with van der Waals surface area (Å²) in [6, 6.07) is 5.25. The first-order valence-corrected chi connectivity index (χ1v) is 8.00. The van der Waals surface area contributed by atoms with E-state index in [-0.39, 0.29) is 5.75 Å². The lowest BCUT2D eigenvalue weighted by Crippen LogP contribution is -2.16. The Balaban J connectivity index is 1.69. The van der Waals surface area contributed by atoms with Crippen LogP contribution in [-0.2, 0) is 4.79 Å². The molecule has 2 aromatic heterocycles. The summed E-state index contributed by atoms with van der Waals surface area (Å²) >= 11 is 1.06. The number of nitrogens with one attached hydrogen (secondary N) is 1. The van der Waals surface area contributed by atoms with Gasteiger partial charge in [-0.2, -0.15) is 4.98 Å². The number of rotatable bonds is 4. The number of hydrogen-bond acceptors (Lipinski definition) is 5. The van der Waals surface area contributed by atoms with Crippen molar-refractivity contribution >= 4 is 29.1 Å². The first kappa shape index (κ1) is 16.3. The largest absolute Gasteiger partial charge is 0.320 e. The van der Waals surface area contributed by atoms with Crippen molar-refractivity contribution in [3.05, 3.63) is 47.3 Å². The minimum absolute atomic E-state index is 0.0807. The van der Waals surface area contributed by atoms with Crippen LogP contribution in [0.3, 0.4) is 0 Å². The third-order valence-electron chi connectivity index (χ3n) is 3.16. The second-order valence-corrected chi connectivity index (χ2v) is 6.02. The average Bonchev–Trinajstić information content (AvgIpc) is 2.92. The lowest BCUT2D eigenvalue weighted by molar-refractivity contribution is -0.113. The Morgan fingerprint density at radius 3 is 2.67 bits per heavy atom. The Hall–Kier alpha value is -2.55. The van der Waals surface area contributed by atoms with Gasteiger partial charge in [-0.3, -0.25) is 4.79 Å². The molecule has 0 saturated heterocycles. The van der Waals surface area contributed by atoms with Gasteiger partial charge in [0, 0.05) is 11.4 Å². The number of carbonyl (C=O) groups is 1. The molecular weight excluding hydrogens is 336 g/mol. The molecule has 2 heterocycles. The zero-order valence-corrected chi connectivity index (χ0v) is 13.7. The number of aromatic nitrogens is 4. The number of benzene rings is 1. The van der Waals surface area contributed by atoms with Gasteiger partial charge < -0.3 is 5.32 Å². The number of anilines is 1. The smallest absolute Gasteiger partial charge is 0.253 e. The van der Waals surface area contributed by atoms with Gasteiger partial charge in [-0.25, -0.2) is 18.3 Å². The van der Waals surface area contributed by atoms with Crippen LogP contribution >= 0.6 is 11.8 Å². The van der Waals surface area contributed by atoms with Crippen molar-refractivity contribution in [3.8, 4) is 0 Å². The fourth-order valence-corrected chi connectivity index (χ4v) is 2.75. The van der Waals surface area contributed by atoms with Crippen LogP contribution in [0.4, 0.5) is 14.5 Å². The molecule has 0 atom stereocenters. The molecule has 6 nitrogen and oxygen atoms in total. The highest BCUT2D eigenvalue weighted by Gasteiger charge is 2.14. The molecule has 0 fully saturated rings.